The zero-order valence-corrected chi connectivity index (χ0v) is 12.2. The Morgan fingerprint density at radius 1 is 1.09 bits per heavy atom. The first-order chi connectivity index (χ1) is 10.7. The summed E-state index contributed by atoms with van der Waals surface area (Å²) in [6, 6.07) is 17.1. The molecule has 2 aromatic carbocycles. The summed E-state index contributed by atoms with van der Waals surface area (Å²) < 4.78 is 5.73. The molecule has 110 valence electrons. The molecule has 0 aliphatic rings. The molecule has 0 bridgehead atoms. The van der Waals surface area contributed by atoms with Crippen LogP contribution in [0.1, 0.15) is 13.3 Å². The van der Waals surface area contributed by atoms with E-state index >= 15 is 0 Å². The van der Waals surface area contributed by atoms with Crippen molar-refractivity contribution in [2.24, 2.45) is 0 Å². The lowest BCUT2D eigenvalue weighted by Crippen LogP contribution is -2.09. The van der Waals surface area contributed by atoms with Gasteiger partial charge in [0.2, 0.25) is 11.8 Å². The minimum Gasteiger partial charge on any atom is -0.439 e. The monoisotopic (exact) mass is 292 g/mol. The Kier molecular flexibility index (Phi) is 4.01. The van der Waals surface area contributed by atoms with Crippen LogP contribution in [0.3, 0.4) is 0 Å². The number of rotatable bonds is 4. The van der Waals surface area contributed by atoms with Crippen LogP contribution in [0.2, 0.25) is 0 Å². The number of fused-ring (bicyclic) bond motifs is 1. The van der Waals surface area contributed by atoms with E-state index < -0.39 is 0 Å². The molecule has 3 rings (SSSR count). The van der Waals surface area contributed by atoms with Crippen LogP contribution in [-0.4, -0.2) is 10.9 Å². The van der Waals surface area contributed by atoms with Crippen molar-refractivity contribution in [3.63, 3.8) is 0 Å². The first kappa shape index (κ1) is 14.1. The summed E-state index contributed by atoms with van der Waals surface area (Å²) in [4.78, 5) is 15.8. The Labute approximate surface area is 128 Å². The molecule has 4 heteroatoms. The molecular weight excluding hydrogens is 276 g/mol. The quantitative estimate of drug-likeness (QED) is 0.776. The highest BCUT2D eigenvalue weighted by Crippen LogP contribution is 2.25. The molecule has 0 saturated carbocycles. The van der Waals surface area contributed by atoms with E-state index in [9.17, 15) is 4.79 Å². The maximum Gasteiger partial charge on any atom is 0.224 e. The highest BCUT2D eigenvalue weighted by atomic mass is 16.5. The second-order valence-corrected chi connectivity index (χ2v) is 4.90. The zero-order valence-electron chi connectivity index (χ0n) is 12.2. The van der Waals surface area contributed by atoms with Crippen LogP contribution >= 0.6 is 0 Å². The van der Waals surface area contributed by atoms with Crippen molar-refractivity contribution in [2.75, 3.05) is 5.32 Å². The summed E-state index contributed by atoms with van der Waals surface area (Å²) in [5, 5.41) is 4.82. The molecule has 0 unspecified atom stereocenters. The minimum atomic E-state index is -0.00540. The highest BCUT2D eigenvalue weighted by Gasteiger charge is 2.04. The number of nitrogens with zero attached hydrogens (tertiary/aromatic N) is 1. The van der Waals surface area contributed by atoms with Crippen molar-refractivity contribution in [3.05, 3.63) is 60.8 Å². The molecule has 4 nitrogen and oxygen atoms in total. The number of amides is 1. The van der Waals surface area contributed by atoms with E-state index in [-0.39, 0.29) is 5.91 Å². The van der Waals surface area contributed by atoms with Gasteiger partial charge in [-0.1, -0.05) is 31.2 Å². The molecule has 0 aliphatic carbocycles. The fourth-order valence-corrected chi connectivity index (χ4v) is 2.11. The topological polar surface area (TPSA) is 51.2 Å². The van der Waals surface area contributed by atoms with Gasteiger partial charge in [-0.05, 0) is 29.7 Å². The summed E-state index contributed by atoms with van der Waals surface area (Å²) in [5.41, 5.74) is 0.774. The number of benzene rings is 2. The Hall–Kier alpha value is -2.88. The number of aromatic nitrogens is 1. The van der Waals surface area contributed by atoms with Gasteiger partial charge in [0, 0.05) is 29.8 Å². The molecular formula is C18H16N2O2. The number of nitrogens with one attached hydrogen (secondary N) is 1. The van der Waals surface area contributed by atoms with Crippen LogP contribution in [0.5, 0.6) is 11.6 Å². The maximum atomic E-state index is 11.5. The molecule has 0 aliphatic heterocycles. The van der Waals surface area contributed by atoms with Gasteiger partial charge >= 0.3 is 0 Å². The normalized spacial score (nSPS) is 10.4. The van der Waals surface area contributed by atoms with Crippen molar-refractivity contribution in [1.29, 1.82) is 0 Å². The zero-order chi connectivity index (χ0) is 15.4. The fourth-order valence-electron chi connectivity index (χ4n) is 2.11. The van der Waals surface area contributed by atoms with Gasteiger partial charge < -0.3 is 10.1 Å². The molecule has 22 heavy (non-hydrogen) atoms. The van der Waals surface area contributed by atoms with Crippen molar-refractivity contribution < 1.29 is 9.53 Å². The van der Waals surface area contributed by atoms with Gasteiger partial charge in [0.05, 0.1) is 0 Å². The summed E-state index contributed by atoms with van der Waals surface area (Å²) >= 11 is 0. The molecule has 0 saturated heterocycles. The summed E-state index contributed by atoms with van der Waals surface area (Å²) in [6.45, 7) is 1.83. The molecule has 3 aromatic rings. The second-order valence-electron chi connectivity index (χ2n) is 4.90. The molecule has 1 amide bonds. The predicted molar refractivity (Wildman–Crippen MR) is 87.2 cm³/mol. The van der Waals surface area contributed by atoms with Gasteiger partial charge in [0.15, 0.2) is 0 Å². The first-order valence-corrected chi connectivity index (χ1v) is 7.17. The van der Waals surface area contributed by atoms with Crippen LogP contribution in [0.4, 0.5) is 5.69 Å². The number of carbonyl (C=O) groups excluding carboxylic acids is 1. The number of ether oxygens (including phenoxy) is 1. The number of hydrogen-bond acceptors (Lipinski definition) is 3. The smallest absolute Gasteiger partial charge is 0.224 e. The summed E-state index contributed by atoms with van der Waals surface area (Å²) in [7, 11) is 0. The van der Waals surface area contributed by atoms with E-state index in [4.69, 9.17) is 4.74 Å². The van der Waals surface area contributed by atoms with Gasteiger partial charge in [0.1, 0.15) is 5.75 Å². The molecule has 0 fully saturated rings. The Balaban J connectivity index is 1.89. The number of para-hydroxylation sites is 1. The van der Waals surface area contributed by atoms with Crippen molar-refractivity contribution >= 4 is 22.4 Å². The third-order valence-corrected chi connectivity index (χ3v) is 3.27. The van der Waals surface area contributed by atoms with E-state index in [0.29, 0.717) is 12.3 Å². The van der Waals surface area contributed by atoms with E-state index in [1.807, 2.05) is 61.5 Å². The number of hydrogen-bond donors (Lipinski definition) is 1. The van der Waals surface area contributed by atoms with Crippen LogP contribution < -0.4 is 10.1 Å². The number of pyridine rings is 1. The van der Waals surface area contributed by atoms with Crippen molar-refractivity contribution in [1.82, 2.24) is 4.98 Å². The molecule has 0 spiro atoms. The van der Waals surface area contributed by atoms with Gasteiger partial charge in [0.25, 0.3) is 0 Å². The third-order valence-electron chi connectivity index (χ3n) is 3.27. The standard InChI is InChI=1S/C18H16N2O2/c1-2-17(21)20-15-9-8-13-12-19-18(11-14(13)10-15)22-16-6-4-3-5-7-16/h3-12H,2H2,1H3,(H,20,21). The fraction of sp³-hybridized carbons (Fsp3) is 0.111. The number of anilines is 1. The minimum absolute atomic E-state index is 0.00540. The molecule has 0 atom stereocenters. The van der Waals surface area contributed by atoms with Crippen molar-refractivity contribution in [3.8, 4) is 11.6 Å². The Morgan fingerprint density at radius 2 is 1.91 bits per heavy atom. The lowest BCUT2D eigenvalue weighted by Gasteiger charge is -2.08. The molecule has 1 N–H and O–H groups in total. The van der Waals surface area contributed by atoms with E-state index in [2.05, 4.69) is 10.3 Å². The Bertz CT molecular complexity index is 801. The van der Waals surface area contributed by atoms with Gasteiger partial charge in [-0.25, -0.2) is 4.98 Å². The third kappa shape index (κ3) is 3.23. The summed E-state index contributed by atoms with van der Waals surface area (Å²) in [5.74, 6) is 1.26. The van der Waals surface area contributed by atoms with Crippen LogP contribution in [0.25, 0.3) is 10.8 Å². The molecule has 1 heterocycles. The average Bonchev–Trinajstić information content (AvgIpc) is 2.55. The Morgan fingerprint density at radius 3 is 2.68 bits per heavy atom. The van der Waals surface area contributed by atoms with E-state index in [0.717, 1.165) is 22.2 Å². The molecule has 0 radical (unpaired) electrons. The van der Waals surface area contributed by atoms with Crippen LogP contribution in [0, 0.1) is 0 Å². The summed E-state index contributed by atoms with van der Waals surface area (Å²) in [6.07, 6.45) is 2.22. The molecule has 1 aromatic heterocycles. The van der Waals surface area contributed by atoms with Crippen LogP contribution in [0.15, 0.2) is 60.8 Å². The SMILES string of the molecule is CCC(=O)Nc1ccc2cnc(Oc3ccccc3)cc2c1. The maximum absolute atomic E-state index is 11.5. The first-order valence-electron chi connectivity index (χ1n) is 7.17. The lowest BCUT2D eigenvalue weighted by molar-refractivity contribution is -0.115. The van der Waals surface area contributed by atoms with Crippen molar-refractivity contribution in [2.45, 2.75) is 13.3 Å². The number of carbonyl (C=O) groups is 1. The van der Waals surface area contributed by atoms with Gasteiger partial charge in [-0.3, -0.25) is 4.79 Å². The highest BCUT2D eigenvalue weighted by molar-refractivity contribution is 5.94. The van der Waals surface area contributed by atoms with Gasteiger partial charge in [-0.15, -0.1) is 0 Å². The average molecular weight is 292 g/mol. The van der Waals surface area contributed by atoms with Crippen LogP contribution in [-0.2, 0) is 4.79 Å². The second kappa shape index (κ2) is 6.26. The van der Waals surface area contributed by atoms with E-state index in [1.54, 1.807) is 6.20 Å². The predicted octanol–water partition coefficient (Wildman–Crippen LogP) is 4.38. The largest absolute Gasteiger partial charge is 0.439 e. The lowest BCUT2D eigenvalue weighted by atomic mass is 10.1. The van der Waals surface area contributed by atoms with E-state index in [1.165, 1.54) is 0 Å². The van der Waals surface area contributed by atoms with Gasteiger partial charge in [-0.2, -0.15) is 0 Å².